The van der Waals surface area contributed by atoms with Gasteiger partial charge in [-0.1, -0.05) is 46.1 Å². The lowest BCUT2D eigenvalue weighted by molar-refractivity contribution is -0.384. The molecule has 28 heavy (non-hydrogen) atoms. The van der Waals surface area contributed by atoms with Gasteiger partial charge in [0.05, 0.1) is 12.0 Å². The average molecular weight is 391 g/mol. The molecule has 2 unspecified atom stereocenters. The molecule has 156 valence electrons. The lowest BCUT2D eigenvalue weighted by Crippen LogP contribution is -2.35. The molecule has 1 aromatic rings. The van der Waals surface area contributed by atoms with Crippen LogP contribution in [0, 0.1) is 27.9 Å². The van der Waals surface area contributed by atoms with Gasteiger partial charge in [0.2, 0.25) is 0 Å². The monoisotopic (exact) mass is 390 g/mol. The van der Waals surface area contributed by atoms with E-state index in [0.717, 1.165) is 5.56 Å². The van der Waals surface area contributed by atoms with E-state index in [1.165, 1.54) is 39.2 Å². The average Bonchev–Trinajstić information content (AvgIpc) is 2.66. The molecule has 0 saturated heterocycles. The Labute approximate surface area is 168 Å². The lowest BCUT2D eigenvalue weighted by atomic mass is 9.79. The molecule has 1 aliphatic carbocycles. The number of carbonyl (C=O) groups is 1. The third-order valence-electron chi connectivity index (χ3n) is 5.78. The van der Waals surface area contributed by atoms with Gasteiger partial charge in [0, 0.05) is 18.5 Å². The number of nitrogens with zero attached hydrogens (tertiary/aromatic N) is 1. The van der Waals surface area contributed by atoms with Crippen molar-refractivity contribution >= 4 is 17.3 Å². The Kier molecular flexibility index (Phi) is 8.27. The molecule has 0 heterocycles. The van der Waals surface area contributed by atoms with Gasteiger partial charge >= 0.3 is 5.97 Å². The number of anilines is 1. The summed E-state index contributed by atoms with van der Waals surface area (Å²) < 4.78 is 4.71. The summed E-state index contributed by atoms with van der Waals surface area (Å²) in [6.45, 7) is 6.31. The summed E-state index contributed by atoms with van der Waals surface area (Å²) in [5, 5.41) is 15.2. The number of hydrogen-bond acceptors (Lipinski definition) is 5. The Bertz CT molecular complexity index is 669. The highest BCUT2D eigenvalue weighted by Crippen LogP contribution is 2.34. The van der Waals surface area contributed by atoms with Gasteiger partial charge in [-0.3, -0.25) is 14.9 Å². The normalized spacial score (nSPS) is 17.2. The molecule has 1 aliphatic rings. The molecule has 6 nitrogen and oxygen atoms in total. The molecule has 1 saturated carbocycles. The van der Waals surface area contributed by atoms with E-state index in [1.807, 2.05) is 19.1 Å². The second kappa shape index (κ2) is 10.4. The number of ether oxygens (including phenoxy) is 1. The van der Waals surface area contributed by atoms with E-state index in [4.69, 9.17) is 4.74 Å². The van der Waals surface area contributed by atoms with Crippen LogP contribution in [-0.4, -0.2) is 24.0 Å². The Hall–Kier alpha value is -2.11. The molecule has 6 heteroatoms. The van der Waals surface area contributed by atoms with Gasteiger partial charge in [-0.25, -0.2) is 0 Å². The molecule has 0 radical (unpaired) electrons. The number of hydrogen-bond donors (Lipinski definition) is 1. The third kappa shape index (κ3) is 6.21. The van der Waals surface area contributed by atoms with E-state index in [2.05, 4.69) is 19.2 Å². The number of nitro benzene ring substituents is 1. The molecule has 0 aliphatic heterocycles. The van der Waals surface area contributed by atoms with Crippen molar-refractivity contribution in [3.63, 3.8) is 0 Å². The van der Waals surface area contributed by atoms with Crippen LogP contribution in [0.4, 0.5) is 11.4 Å². The van der Waals surface area contributed by atoms with Gasteiger partial charge in [0.1, 0.15) is 5.69 Å². The van der Waals surface area contributed by atoms with Crippen LogP contribution in [0.3, 0.4) is 0 Å². The Morgan fingerprint density at radius 2 is 1.93 bits per heavy atom. The van der Waals surface area contributed by atoms with Gasteiger partial charge in [-0.2, -0.15) is 0 Å². The van der Waals surface area contributed by atoms with Crippen LogP contribution >= 0.6 is 0 Å². The van der Waals surface area contributed by atoms with Crippen LogP contribution in [0.1, 0.15) is 64.9 Å². The summed E-state index contributed by atoms with van der Waals surface area (Å²) in [4.78, 5) is 22.8. The number of nitrogens with one attached hydrogen (secondary N) is 1. The minimum Gasteiger partial charge on any atom is -0.469 e. The van der Waals surface area contributed by atoms with Gasteiger partial charge in [-0.05, 0) is 48.6 Å². The van der Waals surface area contributed by atoms with Crippen LogP contribution in [0.5, 0.6) is 0 Å². The first-order chi connectivity index (χ1) is 13.3. The van der Waals surface area contributed by atoms with E-state index in [0.29, 0.717) is 30.4 Å². The van der Waals surface area contributed by atoms with Crippen molar-refractivity contribution in [2.75, 3.05) is 12.4 Å². The topological polar surface area (TPSA) is 81.5 Å². The van der Waals surface area contributed by atoms with Crippen molar-refractivity contribution in [2.45, 2.75) is 71.8 Å². The molecule has 1 N–H and O–H groups in total. The van der Waals surface area contributed by atoms with Crippen molar-refractivity contribution in [3.05, 3.63) is 33.9 Å². The molecule has 0 amide bonds. The zero-order chi connectivity index (χ0) is 20.7. The van der Waals surface area contributed by atoms with Crippen LogP contribution in [0.15, 0.2) is 18.2 Å². The maximum atomic E-state index is 11.7. The molecular formula is C22H34N2O4. The molecule has 2 rings (SSSR count). The first-order valence-electron chi connectivity index (χ1n) is 10.4. The van der Waals surface area contributed by atoms with E-state index in [1.54, 1.807) is 6.07 Å². The van der Waals surface area contributed by atoms with Crippen LogP contribution < -0.4 is 5.32 Å². The number of methoxy groups -OCH3 is 1. The predicted octanol–water partition coefficient (Wildman–Crippen LogP) is 5.35. The summed E-state index contributed by atoms with van der Waals surface area (Å²) in [5.41, 5.74) is 1.58. The van der Waals surface area contributed by atoms with E-state index in [-0.39, 0.29) is 28.5 Å². The summed E-state index contributed by atoms with van der Waals surface area (Å²) in [7, 11) is 1.37. The Morgan fingerprint density at radius 1 is 1.25 bits per heavy atom. The minimum absolute atomic E-state index is 0.0662. The van der Waals surface area contributed by atoms with Gasteiger partial charge < -0.3 is 10.1 Å². The van der Waals surface area contributed by atoms with Crippen molar-refractivity contribution in [2.24, 2.45) is 17.8 Å². The highest BCUT2D eigenvalue weighted by molar-refractivity contribution is 5.69. The fourth-order valence-electron chi connectivity index (χ4n) is 4.32. The van der Waals surface area contributed by atoms with Crippen molar-refractivity contribution in [3.8, 4) is 0 Å². The van der Waals surface area contributed by atoms with E-state index in [9.17, 15) is 14.9 Å². The zero-order valence-corrected chi connectivity index (χ0v) is 17.6. The van der Waals surface area contributed by atoms with Crippen LogP contribution in [0.25, 0.3) is 0 Å². The highest BCUT2D eigenvalue weighted by Gasteiger charge is 2.28. The van der Waals surface area contributed by atoms with E-state index >= 15 is 0 Å². The fraction of sp³-hybridized carbons (Fsp3) is 0.682. The molecule has 0 spiro atoms. The van der Waals surface area contributed by atoms with Gasteiger partial charge in [0.25, 0.3) is 5.69 Å². The number of rotatable bonds is 9. The van der Waals surface area contributed by atoms with Gasteiger partial charge in [-0.15, -0.1) is 0 Å². The Morgan fingerprint density at radius 3 is 2.50 bits per heavy atom. The summed E-state index contributed by atoms with van der Waals surface area (Å²) >= 11 is 0. The summed E-state index contributed by atoms with van der Waals surface area (Å²) in [5.74, 6) is 0.777. The zero-order valence-electron chi connectivity index (χ0n) is 17.6. The van der Waals surface area contributed by atoms with E-state index < -0.39 is 0 Å². The first-order valence-corrected chi connectivity index (χ1v) is 10.4. The standard InChI is InChI=1S/C22H34N2O4/c1-15(2)22(18-8-6-5-7-9-18)23-19-11-10-17(14-20(19)24(26)27)12-16(3)13-21(25)28-4/h10-11,14-16,18,22-23H,5-9,12-13H2,1-4H3. The maximum Gasteiger partial charge on any atom is 0.305 e. The summed E-state index contributed by atoms with van der Waals surface area (Å²) in [6, 6.07) is 5.65. The lowest BCUT2D eigenvalue weighted by Gasteiger charge is -2.34. The molecule has 0 bridgehead atoms. The SMILES string of the molecule is COC(=O)CC(C)Cc1ccc(NC(C(C)C)C2CCCCC2)c([N+](=O)[O-])c1. The van der Waals surface area contributed by atoms with Crippen LogP contribution in [0.2, 0.25) is 0 Å². The fourth-order valence-corrected chi connectivity index (χ4v) is 4.32. The molecule has 1 aromatic carbocycles. The molecule has 2 atom stereocenters. The van der Waals surface area contributed by atoms with Crippen LogP contribution in [-0.2, 0) is 16.0 Å². The number of esters is 1. The van der Waals surface area contributed by atoms with Gasteiger partial charge in [0.15, 0.2) is 0 Å². The number of benzene rings is 1. The predicted molar refractivity (Wildman–Crippen MR) is 111 cm³/mol. The highest BCUT2D eigenvalue weighted by atomic mass is 16.6. The minimum atomic E-state index is -0.310. The molecule has 1 fully saturated rings. The van der Waals surface area contributed by atoms with Crippen molar-refractivity contribution < 1.29 is 14.5 Å². The maximum absolute atomic E-state index is 11.7. The second-order valence-corrected chi connectivity index (χ2v) is 8.51. The third-order valence-corrected chi connectivity index (χ3v) is 5.78. The Balaban J connectivity index is 2.17. The quantitative estimate of drug-likeness (QED) is 0.349. The smallest absolute Gasteiger partial charge is 0.305 e. The molecule has 0 aromatic heterocycles. The number of carbonyl (C=O) groups excluding carboxylic acids is 1. The molecular weight excluding hydrogens is 356 g/mol. The second-order valence-electron chi connectivity index (χ2n) is 8.51. The number of nitro groups is 1. The largest absolute Gasteiger partial charge is 0.469 e. The van der Waals surface area contributed by atoms with Crippen molar-refractivity contribution in [1.82, 2.24) is 0 Å². The van der Waals surface area contributed by atoms with Crippen molar-refractivity contribution in [1.29, 1.82) is 0 Å². The first kappa shape index (κ1) is 22.2. The summed E-state index contributed by atoms with van der Waals surface area (Å²) in [6.07, 6.45) is 7.07.